The summed E-state index contributed by atoms with van der Waals surface area (Å²) in [5.74, 6) is 0.268. The third-order valence-electron chi connectivity index (χ3n) is 6.66. The molecule has 1 aromatic heterocycles. The van der Waals surface area contributed by atoms with Crippen LogP contribution in [0.4, 0.5) is 8.78 Å². The number of H-pyrrole nitrogens is 1. The number of alkyl halides is 2. The molecule has 1 fully saturated rings. The Balaban J connectivity index is 1.51. The number of amides is 1. The Morgan fingerprint density at radius 3 is 2.51 bits per heavy atom. The average molecular weight is 574 g/mol. The van der Waals surface area contributed by atoms with Gasteiger partial charge in [-0.25, -0.2) is 13.4 Å². The number of rotatable bonds is 10. The first kappa shape index (κ1) is 27.1. The van der Waals surface area contributed by atoms with E-state index in [-0.39, 0.29) is 34.8 Å². The molecular formula is C28H26ClF2N3O4S. The topological polar surface area (TPSA) is 101 Å². The van der Waals surface area contributed by atoms with E-state index in [1.807, 2.05) is 0 Å². The van der Waals surface area contributed by atoms with Gasteiger partial charge in [0.2, 0.25) is 5.91 Å². The molecule has 39 heavy (non-hydrogen) atoms. The Bertz CT molecular complexity index is 1620. The fraction of sp³-hybridized carbons (Fsp3) is 0.286. The number of benzene rings is 3. The summed E-state index contributed by atoms with van der Waals surface area (Å²) in [6, 6.07) is 16.4. The van der Waals surface area contributed by atoms with Gasteiger partial charge in [-0.2, -0.15) is 8.78 Å². The number of nitrogens with zero attached hydrogens (tertiary/aromatic N) is 1. The Hall–Kier alpha value is -3.50. The van der Waals surface area contributed by atoms with Crippen molar-refractivity contribution < 1.29 is 26.7 Å². The molecule has 1 aliphatic rings. The summed E-state index contributed by atoms with van der Waals surface area (Å²) >= 11 is 6.55. The van der Waals surface area contributed by atoms with Crippen LogP contribution < -0.4 is 10.1 Å². The first-order valence-corrected chi connectivity index (χ1v) is 14.4. The van der Waals surface area contributed by atoms with Gasteiger partial charge in [-0.05, 0) is 54.7 Å². The summed E-state index contributed by atoms with van der Waals surface area (Å²) in [5.41, 5.74) is 2.78. The lowest BCUT2D eigenvalue weighted by Crippen LogP contribution is -2.27. The fourth-order valence-electron chi connectivity index (χ4n) is 4.53. The fourth-order valence-corrected chi connectivity index (χ4v) is 6.49. The molecule has 3 aromatic carbocycles. The minimum absolute atomic E-state index is 0.00947. The lowest BCUT2D eigenvalue weighted by molar-refractivity contribution is -0.119. The SMILES string of the molecule is CC(=O)NCC(c1ccc(S(=O)(=O)CC2CC2)cc1)c1nc2cc(-c3ccccc3OC(F)F)c(Cl)cc2[nH]1. The maximum atomic E-state index is 13.0. The van der Waals surface area contributed by atoms with E-state index < -0.39 is 22.4 Å². The molecule has 1 aliphatic carbocycles. The number of aromatic nitrogens is 2. The number of halogens is 3. The van der Waals surface area contributed by atoms with Gasteiger partial charge in [0, 0.05) is 24.6 Å². The number of nitrogens with one attached hydrogen (secondary N) is 2. The van der Waals surface area contributed by atoms with Gasteiger partial charge >= 0.3 is 6.61 Å². The van der Waals surface area contributed by atoms with Crippen molar-refractivity contribution in [2.45, 2.75) is 37.2 Å². The van der Waals surface area contributed by atoms with E-state index in [0.29, 0.717) is 33.0 Å². The molecule has 1 heterocycles. The molecule has 1 amide bonds. The van der Waals surface area contributed by atoms with Crippen LogP contribution in [-0.2, 0) is 14.6 Å². The molecule has 0 radical (unpaired) electrons. The van der Waals surface area contributed by atoms with E-state index in [1.54, 1.807) is 54.6 Å². The second kappa shape index (κ2) is 10.9. The van der Waals surface area contributed by atoms with Crippen LogP contribution in [0.15, 0.2) is 65.6 Å². The highest BCUT2D eigenvalue weighted by Crippen LogP contribution is 2.38. The number of hydrogen-bond donors (Lipinski definition) is 2. The minimum atomic E-state index is -3.36. The van der Waals surface area contributed by atoms with Crippen molar-refractivity contribution in [1.29, 1.82) is 0 Å². The Kier molecular flexibility index (Phi) is 7.59. The number of sulfone groups is 1. The highest BCUT2D eigenvalue weighted by Gasteiger charge is 2.29. The zero-order valence-electron chi connectivity index (χ0n) is 21.0. The van der Waals surface area contributed by atoms with Gasteiger partial charge in [0.1, 0.15) is 11.6 Å². The molecule has 1 atom stereocenters. The first-order chi connectivity index (χ1) is 18.6. The van der Waals surface area contributed by atoms with Gasteiger partial charge in [-0.15, -0.1) is 0 Å². The van der Waals surface area contributed by atoms with E-state index in [4.69, 9.17) is 16.6 Å². The zero-order valence-corrected chi connectivity index (χ0v) is 22.5. The number of para-hydroxylation sites is 1. The highest BCUT2D eigenvalue weighted by molar-refractivity contribution is 7.91. The van der Waals surface area contributed by atoms with Crippen LogP contribution in [0, 0.1) is 5.92 Å². The number of hydrogen-bond acceptors (Lipinski definition) is 5. The highest BCUT2D eigenvalue weighted by atomic mass is 35.5. The van der Waals surface area contributed by atoms with Crippen molar-refractivity contribution in [3.8, 4) is 16.9 Å². The maximum Gasteiger partial charge on any atom is 0.387 e. The van der Waals surface area contributed by atoms with Crippen molar-refractivity contribution in [3.63, 3.8) is 0 Å². The third kappa shape index (κ3) is 6.23. The maximum absolute atomic E-state index is 13.0. The van der Waals surface area contributed by atoms with Crippen LogP contribution in [0.1, 0.15) is 37.1 Å². The molecule has 0 spiro atoms. The van der Waals surface area contributed by atoms with Crippen molar-refractivity contribution in [2.75, 3.05) is 12.3 Å². The lowest BCUT2D eigenvalue weighted by atomic mass is 9.98. The van der Waals surface area contributed by atoms with Crippen LogP contribution >= 0.6 is 11.6 Å². The van der Waals surface area contributed by atoms with Crippen molar-refractivity contribution in [3.05, 3.63) is 77.1 Å². The molecule has 1 unspecified atom stereocenters. The van der Waals surface area contributed by atoms with Gasteiger partial charge in [0.25, 0.3) is 0 Å². The molecule has 11 heteroatoms. The number of carbonyl (C=O) groups is 1. The van der Waals surface area contributed by atoms with Crippen LogP contribution in [0.2, 0.25) is 5.02 Å². The normalized spacial score (nSPS) is 14.5. The van der Waals surface area contributed by atoms with Gasteiger partial charge in [0.15, 0.2) is 9.84 Å². The molecule has 7 nitrogen and oxygen atoms in total. The number of ether oxygens (including phenoxy) is 1. The summed E-state index contributed by atoms with van der Waals surface area (Å²) in [6.07, 6.45) is 1.89. The predicted molar refractivity (Wildman–Crippen MR) is 145 cm³/mol. The van der Waals surface area contributed by atoms with E-state index in [1.165, 1.54) is 13.0 Å². The van der Waals surface area contributed by atoms with Crippen LogP contribution in [0.25, 0.3) is 22.2 Å². The largest absolute Gasteiger partial charge is 0.434 e. The molecule has 2 N–H and O–H groups in total. The lowest BCUT2D eigenvalue weighted by Gasteiger charge is -2.16. The number of aromatic amines is 1. The van der Waals surface area contributed by atoms with Gasteiger partial charge < -0.3 is 15.0 Å². The second-order valence-corrected chi connectivity index (χ2v) is 12.1. The summed E-state index contributed by atoms with van der Waals surface area (Å²) in [5, 5.41) is 3.12. The molecule has 5 rings (SSSR count). The zero-order chi connectivity index (χ0) is 27.7. The van der Waals surface area contributed by atoms with Crippen LogP contribution in [0.3, 0.4) is 0 Å². The van der Waals surface area contributed by atoms with E-state index in [9.17, 15) is 22.0 Å². The average Bonchev–Trinajstić information content (AvgIpc) is 3.59. The predicted octanol–water partition coefficient (Wildman–Crippen LogP) is 5.94. The van der Waals surface area contributed by atoms with E-state index >= 15 is 0 Å². The molecule has 0 bridgehead atoms. The Morgan fingerprint density at radius 2 is 1.85 bits per heavy atom. The Morgan fingerprint density at radius 1 is 1.13 bits per heavy atom. The molecule has 204 valence electrons. The molecular weight excluding hydrogens is 548 g/mol. The van der Waals surface area contributed by atoms with Gasteiger partial charge in [-0.1, -0.05) is 41.9 Å². The minimum Gasteiger partial charge on any atom is -0.434 e. The quantitative estimate of drug-likeness (QED) is 0.245. The van der Waals surface area contributed by atoms with E-state index in [0.717, 1.165) is 18.4 Å². The van der Waals surface area contributed by atoms with Gasteiger partial charge in [0.05, 0.1) is 32.6 Å². The number of carbonyl (C=O) groups excluding carboxylic acids is 1. The molecule has 4 aromatic rings. The monoisotopic (exact) mass is 573 g/mol. The van der Waals surface area contributed by atoms with Gasteiger partial charge in [-0.3, -0.25) is 4.79 Å². The molecule has 0 aliphatic heterocycles. The van der Waals surface area contributed by atoms with Crippen molar-refractivity contribution in [1.82, 2.24) is 15.3 Å². The van der Waals surface area contributed by atoms with Crippen molar-refractivity contribution >= 4 is 38.4 Å². The molecule has 1 saturated carbocycles. The Labute approximate surface area is 229 Å². The number of fused-ring (bicyclic) bond motifs is 1. The second-order valence-electron chi connectivity index (χ2n) is 9.63. The third-order valence-corrected chi connectivity index (χ3v) is 8.87. The standard InChI is InChI=1S/C28H26ClF2N3O4S/c1-16(35)32-14-22(18-8-10-19(11-9-18)39(36,37)15-17-6-7-17)27-33-24-12-21(23(29)13-25(24)34-27)20-4-2-3-5-26(20)38-28(30)31/h2-5,8-13,17,22,28H,6-7,14-15H2,1H3,(H,32,35)(H,33,34). The summed E-state index contributed by atoms with van der Waals surface area (Å²) < 4.78 is 56.0. The van der Waals surface area contributed by atoms with Crippen LogP contribution in [-0.4, -0.2) is 43.2 Å². The first-order valence-electron chi connectivity index (χ1n) is 12.4. The summed E-state index contributed by atoms with van der Waals surface area (Å²) in [6.45, 7) is -1.36. The summed E-state index contributed by atoms with van der Waals surface area (Å²) in [7, 11) is -3.36. The number of imidazole rings is 1. The van der Waals surface area contributed by atoms with E-state index in [2.05, 4.69) is 15.0 Å². The van der Waals surface area contributed by atoms with Crippen molar-refractivity contribution in [2.24, 2.45) is 5.92 Å². The molecule has 0 saturated heterocycles. The summed E-state index contributed by atoms with van der Waals surface area (Å²) in [4.78, 5) is 20.0. The smallest absolute Gasteiger partial charge is 0.387 e. The van der Waals surface area contributed by atoms with Crippen LogP contribution in [0.5, 0.6) is 5.75 Å².